The zero-order valence-corrected chi connectivity index (χ0v) is 16.7. The molecule has 1 heterocycles. The minimum Gasteiger partial charge on any atom is -0.403 e. The van der Waals surface area contributed by atoms with E-state index in [2.05, 4.69) is 30.0 Å². The Labute approximate surface area is 158 Å². The van der Waals surface area contributed by atoms with Crippen molar-refractivity contribution in [3.05, 3.63) is 29.6 Å². The number of aliphatic hydroxyl groups is 1. The molecule has 0 aliphatic carbocycles. The average molecular weight is 403 g/mol. The Kier molecular flexibility index (Phi) is 7.35. The largest absolute Gasteiger partial charge is 0.573 e. The molecular weight excluding hydrogens is 376 g/mol. The summed E-state index contributed by atoms with van der Waals surface area (Å²) in [6, 6.07) is 6.95. The number of hydrogen-bond acceptors (Lipinski definition) is 2. The molecule has 1 fully saturated rings. The fraction of sp³-hybridized carbons (Fsp3) is 0.600. The number of aliphatic hydroxyl groups excluding tert-OH is 1. The first-order valence-corrected chi connectivity index (χ1v) is 12.5. The van der Waals surface area contributed by atoms with Gasteiger partial charge in [0, 0.05) is 5.56 Å². The van der Waals surface area contributed by atoms with Gasteiger partial charge < -0.3 is 9.84 Å². The first-order chi connectivity index (χ1) is 12.6. The zero-order valence-electron chi connectivity index (χ0n) is 15.7. The smallest absolute Gasteiger partial charge is 0.403 e. The summed E-state index contributed by atoms with van der Waals surface area (Å²) in [5, 5.41) is 10.1. The predicted molar refractivity (Wildman–Crippen MR) is 99.6 cm³/mol. The van der Waals surface area contributed by atoms with Crippen molar-refractivity contribution in [3.8, 4) is 17.6 Å². The fourth-order valence-electron chi connectivity index (χ4n) is 3.79. The van der Waals surface area contributed by atoms with Gasteiger partial charge in [-0.3, -0.25) is 0 Å². The van der Waals surface area contributed by atoms with E-state index < -0.39 is 32.1 Å². The van der Waals surface area contributed by atoms with E-state index in [1.165, 1.54) is 30.6 Å². The van der Waals surface area contributed by atoms with E-state index >= 15 is 0 Å². The van der Waals surface area contributed by atoms with E-state index in [1.807, 2.05) is 0 Å². The van der Waals surface area contributed by atoms with Gasteiger partial charge in [0.2, 0.25) is 0 Å². The molecule has 0 saturated carbocycles. The highest BCUT2D eigenvalue weighted by molar-refractivity contribution is 6.78. The van der Waals surface area contributed by atoms with Crippen LogP contribution in [0.2, 0.25) is 24.7 Å². The summed E-state index contributed by atoms with van der Waals surface area (Å²) in [7, 11) is -1.08. The summed E-state index contributed by atoms with van der Waals surface area (Å²) in [4.78, 5) is 0. The predicted octanol–water partition coefficient (Wildman–Crippen LogP) is 5.73. The fourth-order valence-corrected chi connectivity index (χ4v) is 7.96. The molecule has 0 aromatic heterocycles. The number of rotatable bonds is 5. The summed E-state index contributed by atoms with van der Waals surface area (Å²) in [6.45, 7) is 4.69. The minimum absolute atomic E-state index is 0.202. The monoisotopic (exact) mass is 402 g/mol. The van der Waals surface area contributed by atoms with E-state index in [-0.39, 0.29) is 5.56 Å². The van der Waals surface area contributed by atoms with Crippen molar-refractivity contribution in [2.45, 2.75) is 69.8 Å². The second kappa shape index (κ2) is 9.11. The van der Waals surface area contributed by atoms with Gasteiger partial charge in [0.1, 0.15) is 6.10 Å². The summed E-state index contributed by atoms with van der Waals surface area (Å²) in [5.74, 6) is 3.73. The Morgan fingerprint density at radius 3 is 2.52 bits per heavy atom. The normalized spacial score (nSPS) is 24.0. The van der Waals surface area contributed by atoms with Crippen LogP contribution in [-0.2, 0) is 0 Å². The van der Waals surface area contributed by atoms with Crippen LogP contribution in [-0.4, -0.2) is 25.6 Å². The Morgan fingerprint density at radius 1 is 1.30 bits per heavy atom. The maximum absolute atomic E-state index is 13.7. The topological polar surface area (TPSA) is 29.5 Å². The number of benzene rings is 1. The summed E-state index contributed by atoms with van der Waals surface area (Å²) in [6.07, 6.45) is -1.69. The molecule has 1 atom stereocenters. The Balaban J connectivity index is 1.89. The van der Waals surface area contributed by atoms with Crippen molar-refractivity contribution >= 4 is 8.07 Å². The molecule has 0 bridgehead atoms. The van der Waals surface area contributed by atoms with Crippen molar-refractivity contribution in [3.63, 3.8) is 0 Å². The average Bonchev–Trinajstić information content (AvgIpc) is 2.57. The first kappa shape index (κ1) is 21.8. The minimum atomic E-state index is -4.94. The second-order valence-electron chi connectivity index (χ2n) is 7.72. The van der Waals surface area contributed by atoms with E-state index in [9.17, 15) is 22.7 Å². The van der Waals surface area contributed by atoms with E-state index in [0.29, 0.717) is 12.3 Å². The quantitative estimate of drug-likeness (QED) is 0.387. The lowest BCUT2D eigenvalue weighted by Gasteiger charge is -2.36. The van der Waals surface area contributed by atoms with Crippen LogP contribution in [0.1, 0.15) is 38.2 Å². The highest BCUT2D eigenvalue weighted by Gasteiger charge is 2.33. The van der Waals surface area contributed by atoms with Gasteiger partial charge in [-0.2, -0.15) is 0 Å². The van der Waals surface area contributed by atoms with Gasteiger partial charge in [-0.1, -0.05) is 62.7 Å². The SMILES string of the molecule is CCC[Si@]1(C)CC[C@@H](CC(O)C#Cc2ccc(OC(F)(F)F)c(F)c2)CC1. The lowest BCUT2D eigenvalue weighted by atomic mass is 9.95. The maximum atomic E-state index is 13.7. The van der Waals surface area contributed by atoms with Crippen molar-refractivity contribution in [1.29, 1.82) is 0 Å². The van der Waals surface area contributed by atoms with Gasteiger partial charge in [-0.25, -0.2) is 4.39 Å². The van der Waals surface area contributed by atoms with Crippen LogP contribution in [0.25, 0.3) is 0 Å². The van der Waals surface area contributed by atoms with Crippen LogP contribution >= 0.6 is 0 Å². The lowest BCUT2D eigenvalue weighted by Crippen LogP contribution is -2.35. The van der Waals surface area contributed by atoms with Crippen LogP contribution in [0.3, 0.4) is 0 Å². The molecule has 1 N–H and O–H groups in total. The van der Waals surface area contributed by atoms with E-state index in [1.54, 1.807) is 0 Å². The molecule has 0 radical (unpaired) electrons. The molecule has 0 amide bonds. The molecule has 1 aliphatic rings. The third-order valence-electron chi connectivity index (χ3n) is 5.26. The lowest BCUT2D eigenvalue weighted by molar-refractivity contribution is -0.275. The van der Waals surface area contributed by atoms with Gasteiger partial charge in [-0.15, -0.1) is 13.2 Å². The van der Waals surface area contributed by atoms with E-state index in [0.717, 1.165) is 25.0 Å². The van der Waals surface area contributed by atoms with Crippen molar-refractivity contribution in [1.82, 2.24) is 0 Å². The van der Waals surface area contributed by atoms with Gasteiger partial charge in [0.15, 0.2) is 11.6 Å². The summed E-state index contributed by atoms with van der Waals surface area (Å²) < 4.78 is 53.7. The molecule has 1 unspecified atom stereocenters. The molecular formula is C20H26F4O2Si. The van der Waals surface area contributed by atoms with Gasteiger partial charge in [-0.05, 0) is 30.5 Å². The van der Waals surface area contributed by atoms with Crippen molar-refractivity contribution in [2.24, 2.45) is 5.92 Å². The van der Waals surface area contributed by atoms with Crippen LogP contribution in [0, 0.1) is 23.6 Å². The third kappa shape index (κ3) is 7.19. The van der Waals surface area contributed by atoms with Crippen LogP contribution in [0.15, 0.2) is 18.2 Å². The highest BCUT2D eigenvalue weighted by atomic mass is 28.3. The Hall–Kier alpha value is -1.52. The molecule has 1 aromatic rings. The van der Waals surface area contributed by atoms with Crippen LogP contribution in [0.5, 0.6) is 5.75 Å². The van der Waals surface area contributed by atoms with Crippen molar-refractivity contribution < 1.29 is 27.4 Å². The molecule has 2 nitrogen and oxygen atoms in total. The van der Waals surface area contributed by atoms with Gasteiger partial charge in [0.05, 0.1) is 8.07 Å². The molecule has 2 rings (SSSR count). The first-order valence-electron chi connectivity index (χ1n) is 9.35. The molecule has 0 spiro atoms. The standard InChI is InChI=1S/C20H26F4O2Si/c1-3-10-27(2)11-8-16(9-12-27)13-17(25)6-4-15-5-7-19(18(21)14-15)26-20(22,23)24/h5,7,14,16-17,25H,3,8-13H2,1-2H3/t16-,17?,27-. The number of ether oxygens (including phenoxy) is 1. The number of halogens is 4. The summed E-state index contributed by atoms with van der Waals surface area (Å²) in [5.41, 5.74) is 0.202. The van der Waals surface area contributed by atoms with E-state index in [4.69, 9.17) is 0 Å². The van der Waals surface area contributed by atoms with Gasteiger partial charge in [0.25, 0.3) is 0 Å². The zero-order chi connectivity index (χ0) is 20.1. The Bertz CT molecular complexity index is 685. The van der Waals surface area contributed by atoms with Gasteiger partial charge >= 0.3 is 6.36 Å². The van der Waals surface area contributed by atoms with Crippen molar-refractivity contribution in [2.75, 3.05) is 0 Å². The maximum Gasteiger partial charge on any atom is 0.573 e. The molecule has 7 heteroatoms. The molecule has 1 aliphatic heterocycles. The second-order valence-corrected chi connectivity index (χ2v) is 12.8. The molecule has 27 heavy (non-hydrogen) atoms. The summed E-state index contributed by atoms with van der Waals surface area (Å²) >= 11 is 0. The number of alkyl halides is 3. The molecule has 1 aromatic carbocycles. The number of hydrogen-bond donors (Lipinski definition) is 1. The van der Waals surface area contributed by atoms with Crippen LogP contribution < -0.4 is 4.74 Å². The van der Waals surface area contributed by atoms with Crippen LogP contribution in [0.4, 0.5) is 17.6 Å². The third-order valence-corrected chi connectivity index (χ3v) is 9.96. The molecule has 1 saturated heterocycles. The Morgan fingerprint density at radius 2 is 1.96 bits per heavy atom. The highest BCUT2D eigenvalue weighted by Crippen LogP contribution is 2.37. The molecule has 150 valence electrons.